The normalized spacial score (nSPS) is 18.8. The van der Waals surface area contributed by atoms with Crippen LogP contribution in [-0.4, -0.2) is 44.2 Å². The first-order valence-electron chi connectivity index (χ1n) is 7.71. The standard InChI is InChI=1S/C14H30N2O2S.ClH/c1-4-6-13(3)12-19(17,18)16(11-5-2)14-7-9-15-10-8-14;/h13-15H,4-12H2,1-3H3;1H. The van der Waals surface area contributed by atoms with Crippen molar-refractivity contribution in [1.29, 1.82) is 0 Å². The van der Waals surface area contributed by atoms with E-state index in [4.69, 9.17) is 0 Å². The van der Waals surface area contributed by atoms with Gasteiger partial charge in [-0.05, 0) is 44.7 Å². The van der Waals surface area contributed by atoms with Crippen LogP contribution in [0.1, 0.15) is 52.9 Å². The molecular formula is C14H31ClN2O2S. The Morgan fingerprint density at radius 2 is 1.80 bits per heavy atom. The van der Waals surface area contributed by atoms with Crippen molar-refractivity contribution in [3.63, 3.8) is 0 Å². The van der Waals surface area contributed by atoms with Crippen molar-refractivity contribution < 1.29 is 8.42 Å². The van der Waals surface area contributed by atoms with Crippen LogP contribution in [0.25, 0.3) is 0 Å². The zero-order valence-electron chi connectivity index (χ0n) is 13.1. The molecule has 0 aromatic heterocycles. The molecule has 6 heteroatoms. The number of nitrogens with zero attached hydrogens (tertiary/aromatic N) is 1. The molecule has 1 unspecified atom stereocenters. The molecule has 1 aliphatic heterocycles. The maximum absolute atomic E-state index is 12.6. The highest BCUT2D eigenvalue weighted by atomic mass is 35.5. The average molecular weight is 327 g/mol. The van der Waals surface area contributed by atoms with Crippen LogP contribution >= 0.6 is 12.4 Å². The van der Waals surface area contributed by atoms with E-state index in [0.717, 1.165) is 45.2 Å². The van der Waals surface area contributed by atoms with E-state index >= 15 is 0 Å². The second-order valence-electron chi connectivity index (χ2n) is 5.76. The van der Waals surface area contributed by atoms with Crippen LogP contribution in [0.15, 0.2) is 0 Å². The van der Waals surface area contributed by atoms with E-state index in [0.29, 0.717) is 12.3 Å². The Kier molecular flexibility index (Phi) is 10.1. The Bertz CT molecular complexity index is 343. The minimum absolute atomic E-state index is 0. The number of halogens is 1. The molecule has 1 fully saturated rings. The van der Waals surface area contributed by atoms with Crippen LogP contribution < -0.4 is 5.32 Å². The largest absolute Gasteiger partial charge is 0.317 e. The van der Waals surface area contributed by atoms with Gasteiger partial charge in [0, 0.05) is 12.6 Å². The summed E-state index contributed by atoms with van der Waals surface area (Å²) in [5.41, 5.74) is 0. The van der Waals surface area contributed by atoms with E-state index in [1.54, 1.807) is 4.31 Å². The van der Waals surface area contributed by atoms with Crippen LogP contribution in [-0.2, 0) is 10.0 Å². The van der Waals surface area contributed by atoms with Crippen LogP contribution in [0.2, 0.25) is 0 Å². The van der Waals surface area contributed by atoms with Gasteiger partial charge in [-0.3, -0.25) is 0 Å². The van der Waals surface area contributed by atoms with Crippen molar-refractivity contribution in [3.05, 3.63) is 0 Å². The number of rotatable bonds is 8. The summed E-state index contributed by atoms with van der Waals surface area (Å²) in [4.78, 5) is 0. The van der Waals surface area contributed by atoms with Gasteiger partial charge in [-0.15, -0.1) is 12.4 Å². The lowest BCUT2D eigenvalue weighted by atomic mass is 10.1. The number of sulfonamides is 1. The van der Waals surface area contributed by atoms with Gasteiger partial charge in [0.15, 0.2) is 0 Å². The maximum atomic E-state index is 12.6. The van der Waals surface area contributed by atoms with Gasteiger partial charge in [0.2, 0.25) is 10.0 Å². The maximum Gasteiger partial charge on any atom is 0.214 e. The van der Waals surface area contributed by atoms with E-state index in [2.05, 4.69) is 19.2 Å². The smallest absolute Gasteiger partial charge is 0.214 e. The quantitative estimate of drug-likeness (QED) is 0.746. The molecule has 0 aromatic carbocycles. The molecule has 0 bridgehead atoms. The lowest BCUT2D eigenvalue weighted by Gasteiger charge is -2.34. The molecule has 0 amide bonds. The average Bonchev–Trinajstić information content (AvgIpc) is 2.36. The van der Waals surface area contributed by atoms with Gasteiger partial charge >= 0.3 is 0 Å². The third kappa shape index (κ3) is 6.29. The molecule has 1 rings (SSSR count). The van der Waals surface area contributed by atoms with Crippen LogP contribution in [0.3, 0.4) is 0 Å². The van der Waals surface area contributed by atoms with Crippen molar-refractivity contribution in [1.82, 2.24) is 9.62 Å². The summed E-state index contributed by atoms with van der Waals surface area (Å²) in [6.07, 6.45) is 4.83. The molecule has 1 aliphatic rings. The fourth-order valence-corrected chi connectivity index (χ4v) is 5.10. The molecule has 0 radical (unpaired) electrons. The van der Waals surface area contributed by atoms with Gasteiger partial charge in [0.1, 0.15) is 0 Å². The first-order chi connectivity index (χ1) is 9.01. The Morgan fingerprint density at radius 1 is 1.20 bits per heavy atom. The molecule has 4 nitrogen and oxygen atoms in total. The van der Waals surface area contributed by atoms with E-state index in [9.17, 15) is 8.42 Å². The second kappa shape index (κ2) is 9.98. The summed E-state index contributed by atoms with van der Waals surface area (Å²) >= 11 is 0. The monoisotopic (exact) mass is 326 g/mol. The third-order valence-corrected chi connectivity index (χ3v) is 5.98. The zero-order valence-corrected chi connectivity index (χ0v) is 14.7. The molecule has 1 saturated heterocycles. The molecule has 122 valence electrons. The Hall–Kier alpha value is 0.160. The van der Waals surface area contributed by atoms with Gasteiger partial charge < -0.3 is 5.32 Å². The fourth-order valence-electron chi connectivity index (χ4n) is 2.90. The van der Waals surface area contributed by atoms with Gasteiger partial charge in [-0.2, -0.15) is 4.31 Å². The van der Waals surface area contributed by atoms with Crippen LogP contribution in [0.4, 0.5) is 0 Å². The number of hydrogen-bond acceptors (Lipinski definition) is 3. The zero-order chi connectivity index (χ0) is 14.3. The summed E-state index contributed by atoms with van der Waals surface area (Å²) in [6.45, 7) is 8.76. The molecule has 1 N–H and O–H groups in total. The Labute approximate surface area is 131 Å². The van der Waals surface area contributed by atoms with E-state index in [-0.39, 0.29) is 24.4 Å². The second-order valence-corrected chi connectivity index (χ2v) is 7.73. The molecular weight excluding hydrogens is 296 g/mol. The van der Waals surface area contributed by atoms with Crippen LogP contribution in [0, 0.1) is 5.92 Å². The first kappa shape index (κ1) is 20.2. The summed E-state index contributed by atoms with van der Waals surface area (Å²) in [6, 6.07) is 0.208. The van der Waals surface area contributed by atoms with Crippen molar-refractivity contribution >= 4 is 22.4 Å². The Balaban J connectivity index is 0.00000361. The SMILES string of the molecule is CCCC(C)CS(=O)(=O)N(CCC)C1CCNCC1.Cl. The molecule has 20 heavy (non-hydrogen) atoms. The summed E-state index contributed by atoms with van der Waals surface area (Å²) in [5.74, 6) is 0.571. The third-order valence-electron chi connectivity index (χ3n) is 3.79. The highest BCUT2D eigenvalue weighted by Crippen LogP contribution is 2.20. The molecule has 1 atom stereocenters. The van der Waals surface area contributed by atoms with E-state index in [1.807, 2.05) is 6.92 Å². The minimum Gasteiger partial charge on any atom is -0.317 e. The Morgan fingerprint density at radius 3 is 2.30 bits per heavy atom. The van der Waals surface area contributed by atoms with Gasteiger partial charge in [-0.1, -0.05) is 27.2 Å². The topological polar surface area (TPSA) is 49.4 Å². The predicted molar refractivity (Wildman–Crippen MR) is 88.0 cm³/mol. The minimum atomic E-state index is -3.10. The van der Waals surface area contributed by atoms with Crippen LogP contribution in [0.5, 0.6) is 0 Å². The van der Waals surface area contributed by atoms with Crippen molar-refractivity contribution in [2.24, 2.45) is 5.92 Å². The molecule has 0 aliphatic carbocycles. The van der Waals surface area contributed by atoms with Crippen molar-refractivity contribution in [3.8, 4) is 0 Å². The predicted octanol–water partition coefficient (Wildman–Crippen LogP) is 2.64. The van der Waals surface area contributed by atoms with E-state index < -0.39 is 10.0 Å². The van der Waals surface area contributed by atoms with Crippen molar-refractivity contribution in [2.75, 3.05) is 25.4 Å². The molecule has 0 saturated carbocycles. The highest BCUT2D eigenvalue weighted by molar-refractivity contribution is 7.89. The summed E-state index contributed by atoms with van der Waals surface area (Å²) in [7, 11) is -3.10. The number of nitrogens with one attached hydrogen (secondary N) is 1. The van der Waals surface area contributed by atoms with Gasteiger partial charge in [-0.25, -0.2) is 8.42 Å². The van der Waals surface area contributed by atoms with Gasteiger partial charge in [0.25, 0.3) is 0 Å². The lowest BCUT2D eigenvalue weighted by molar-refractivity contribution is 0.261. The summed E-state index contributed by atoms with van der Waals surface area (Å²) in [5, 5.41) is 3.30. The van der Waals surface area contributed by atoms with E-state index in [1.165, 1.54) is 0 Å². The molecule has 1 heterocycles. The molecule has 0 spiro atoms. The lowest BCUT2D eigenvalue weighted by Crippen LogP contribution is -2.47. The first-order valence-corrected chi connectivity index (χ1v) is 9.32. The van der Waals surface area contributed by atoms with Gasteiger partial charge in [0.05, 0.1) is 5.75 Å². The highest BCUT2D eigenvalue weighted by Gasteiger charge is 2.31. The number of hydrogen-bond donors (Lipinski definition) is 1. The molecule has 0 aromatic rings. The number of piperidine rings is 1. The fraction of sp³-hybridized carbons (Fsp3) is 1.00. The van der Waals surface area contributed by atoms with Crippen molar-refractivity contribution in [2.45, 2.75) is 58.9 Å². The summed E-state index contributed by atoms with van der Waals surface area (Å²) < 4.78 is 27.0.